The maximum atomic E-state index is 10.4. The van der Waals surface area contributed by atoms with Crippen LogP contribution in [0.1, 0.15) is 32.1 Å². The molecule has 18 heavy (non-hydrogen) atoms. The molecule has 104 valence electrons. The van der Waals surface area contributed by atoms with E-state index >= 15 is 0 Å². The minimum absolute atomic E-state index is 0.108. The number of carbonyl (C=O) groups is 1. The van der Waals surface area contributed by atoms with E-state index in [0.717, 1.165) is 39.1 Å². The molecule has 1 unspecified atom stereocenters. The topological polar surface area (TPSA) is 59.0 Å². The Morgan fingerprint density at radius 2 is 2.11 bits per heavy atom. The number of rotatable bonds is 5. The Labute approximate surface area is 108 Å². The molecule has 2 heterocycles. The summed E-state index contributed by atoms with van der Waals surface area (Å²) in [6.07, 6.45) is 4.78. The number of aliphatic carboxylic acids is 1. The van der Waals surface area contributed by atoms with Crippen molar-refractivity contribution in [1.82, 2.24) is 4.90 Å². The van der Waals surface area contributed by atoms with E-state index in [2.05, 4.69) is 4.90 Å². The molecule has 0 bridgehead atoms. The smallest absolute Gasteiger partial charge is 0.305 e. The number of likely N-dealkylation sites (tertiary alicyclic amines) is 1. The third-order valence-electron chi connectivity index (χ3n) is 3.80. The van der Waals surface area contributed by atoms with Crippen LogP contribution in [0.25, 0.3) is 0 Å². The predicted octanol–water partition coefficient (Wildman–Crippen LogP) is 1.12. The summed E-state index contributed by atoms with van der Waals surface area (Å²) < 4.78 is 11.1. The SMILES string of the molecule is O=C(O)CCOC1CCN(C2CCCOC2)CC1. The molecule has 0 radical (unpaired) electrons. The molecule has 2 saturated heterocycles. The van der Waals surface area contributed by atoms with Gasteiger partial charge in [-0.15, -0.1) is 0 Å². The van der Waals surface area contributed by atoms with Crippen molar-refractivity contribution in [2.75, 3.05) is 32.9 Å². The van der Waals surface area contributed by atoms with Gasteiger partial charge in [0.15, 0.2) is 0 Å². The molecular formula is C13H23NO4. The fourth-order valence-electron chi connectivity index (χ4n) is 2.73. The van der Waals surface area contributed by atoms with Gasteiger partial charge >= 0.3 is 5.97 Å². The lowest BCUT2D eigenvalue weighted by atomic mass is 10.0. The molecule has 1 atom stereocenters. The van der Waals surface area contributed by atoms with Crippen molar-refractivity contribution in [3.63, 3.8) is 0 Å². The highest BCUT2D eigenvalue weighted by molar-refractivity contribution is 5.66. The zero-order valence-corrected chi connectivity index (χ0v) is 10.8. The van der Waals surface area contributed by atoms with Crippen LogP contribution in [0.2, 0.25) is 0 Å². The van der Waals surface area contributed by atoms with Gasteiger partial charge < -0.3 is 14.6 Å². The highest BCUT2D eigenvalue weighted by atomic mass is 16.5. The van der Waals surface area contributed by atoms with E-state index < -0.39 is 5.97 Å². The molecule has 5 heteroatoms. The largest absolute Gasteiger partial charge is 0.481 e. The fraction of sp³-hybridized carbons (Fsp3) is 0.923. The summed E-state index contributed by atoms with van der Waals surface area (Å²) >= 11 is 0. The molecular weight excluding hydrogens is 234 g/mol. The van der Waals surface area contributed by atoms with Crippen LogP contribution in [0.5, 0.6) is 0 Å². The van der Waals surface area contributed by atoms with Gasteiger partial charge in [0.05, 0.1) is 25.7 Å². The fourth-order valence-corrected chi connectivity index (χ4v) is 2.73. The van der Waals surface area contributed by atoms with Crippen LogP contribution >= 0.6 is 0 Å². The van der Waals surface area contributed by atoms with E-state index in [-0.39, 0.29) is 12.5 Å². The molecule has 0 aromatic carbocycles. The van der Waals surface area contributed by atoms with E-state index in [1.807, 2.05) is 0 Å². The third-order valence-corrected chi connectivity index (χ3v) is 3.80. The molecule has 0 amide bonds. The second kappa shape index (κ2) is 7.07. The maximum absolute atomic E-state index is 10.4. The Morgan fingerprint density at radius 1 is 1.33 bits per heavy atom. The number of ether oxygens (including phenoxy) is 2. The van der Waals surface area contributed by atoms with Crippen LogP contribution in [-0.4, -0.2) is 61.0 Å². The molecule has 0 saturated carbocycles. The molecule has 0 aromatic rings. The van der Waals surface area contributed by atoms with Crippen LogP contribution < -0.4 is 0 Å². The van der Waals surface area contributed by atoms with Gasteiger partial charge in [0, 0.05) is 25.7 Å². The molecule has 2 aliphatic rings. The molecule has 1 N–H and O–H groups in total. The lowest BCUT2D eigenvalue weighted by Gasteiger charge is -2.38. The number of hydrogen-bond donors (Lipinski definition) is 1. The Hall–Kier alpha value is -0.650. The van der Waals surface area contributed by atoms with Crippen molar-refractivity contribution in [3.05, 3.63) is 0 Å². The molecule has 2 rings (SSSR count). The Morgan fingerprint density at radius 3 is 2.72 bits per heavy atom. The van der Waals surface area contributed by atoms with E-state index in [4.69, 9.17) is 14.6 Å². The summed E-state index contributed by atoms with van der Waals surface area (Å²) in [5, 5.41) is 8.55. The summed E-state index contributed by atoms with van der Waals surface area (Å²) in [4.78, 5) is 12.9. The number of carboxylic acids is 1. The van der Waals surface area contributed by atoms with Crippen LogP contribution in [0, 0.1) is 0 Å². The maximum Gasteiger partial charge on any atom is 0.305 e. The standard InChI is InChI=1S/C13H23NO4/c15-13(16)5-9-18-12-3-6-14(7-4-12)11-2-1-8-17-10-11/h11-12H,1-10H2,(H,15,16). The van der Waals surface area contributed by atoms with Gasteiger partial charge in [-0.1, -0.05) is 0 Å². The average Bonchev–Trinajstić information content (AvgIpc) is 2.40. The number of piperidine rings is 1. The monoisotopic (exact) mass is 257 g/mol. The summed E-state index contributed by atoms with van der Waals surface area (Å²) in [5.41, 5.74) is 0. The molecule has 0 spiro atoms. The van der Waals surface area contributed by atoms with Crippen molar-refractivity contribution >= 4 is 5.97 Å². The second-order valence-corrected chi connectivity index (χ2v) is 5.12. The zero-order valence-electron chi connectivity index (χ0n) is 10.8. The summed E-state index contributed by atoms with van der Waals surface area (Å²) in [6.45, 7) is 4.21. The van der Waals surface area contributed by atoms with Crippen molar-refractivity contribution in [1.29, 1.82) is 0 Å². The van der Waals surface area contributed by atoms with Gasteiger partial charge in [-0.2, -0.15) is 0 Å². The molecule has 2 fully saturated rings. The Kier molecular flexibility index (Phi) is 5.41. The first-order chi connectivity index (χ1) is 8.75. The van der Waals surface area contributed by atoms with Crippen LogP contribution in [0.3, 0.4) is 0 Å². The number of hydrogen-bond acceptors (Lipinski definition) is 4. The molecule has 5 nitrogen and oxygen atoms in total. The van der Waals surface area contributed by atoms with Crippen molar-refractivity contribution < 1.29 is 19.4 Å². The van der Waals surface area contributed by atoms with Crippen LogP contribution in [-0.2, 0) is 14.3 Å². The van der Waals surface area contributed by atoms with Gasteiger partial charge in [-0.05, 0) is 25.7 Å². The van der Waals surface area contributed by atoms with Crippen molar-refractivity contribution in [2.24, 2.45) is 0 Å². The minimum Gasteiger partial charge on any atom is -0.481 e. The quantitative estimate of drug-likeness (QED) is 0.800. The van der Waals surface area contributed by atoms with Gasteiger partial charge in [0.25, 0.3) is 0 Å². The number of carboxylic acid groups (broad SMARTS) is 1. The highest BCUT2D eigenvalue weighted by Crippen LogP contribution is 2.20. The van der Waals surface area contributed by atoms with Crippen LogP contribution in [0.4, 0.5) is 0 Å². The summed E-state index contributed by atoms with van der Waals surface area (Å²) in [5.74, 6) is -0.785. The molecule has 0 aromatic heterocycles. The minimum atomic E-state index is -0.785. The van der Waals surface area contributed by atoms with Gasteiger partial charge in [-0.3, -0.25) is 9.69 Å². The lowest BCUT2D eigenvalue weighted by molar-refractivity contribution is -0.139. The van der Waals surface area contributed by atoms with E-state index in [9.17, 15) is 4.79 Å². The highest BCUT2D eigenvalue weighted by Gasteiger charge is 2.26. The zero-order chi connectivity index (χ0) is 12.8. The van der Waals surface area contributed by atoms with Crippen molar-refractivity contribution in [3.8, 4) is 0 Å². The van der Waals surface area contributed by atoms with Gasteiger partial charge in [0.2, 0.25) is 0 Å². The number of nitrogens with zero attached hydrogens (tertiary/aromatic N) is 1. The lowest BCUT2D eigenvalue weighted by Crippen LogP contribution is -2.46. The van der Waals surface area contributed by atoms with E-state index in [1.165, 1.54) is 12.8 Å². The first kappa shape index (κ1) is 13.8. The first-order valence-corrected chi connectivity index (χ1v) is 6.91. The van der Waals surface area contributed by atoms with E-state index in [0.29, 0.717) is 12.6 Å². The van der Waals surface area contributed by atoms with E-state index in [1.54, 1.807) is 0 Å². The van der Waals surface area contributed by atoms with Gasteiger partial charge in [0.1, 0.15) is 0 Å². The van der Waals surface area contributed by atoms with Gasteiger partial charge in [-0.25, -0.2) is 0 Å². The Bertz CT molecular complexity index is 258. The summed E-state index contributed by atoms with van der Waals surface area (Å²) in [6, 6.07) is 0.582. The average molecular weight is 257 g/mol. The molecule has 0 aliphatic carbocycles. The normalized spacial score (nSPS) is 27.2. The third kappa shape index (κ3) is 4.23. The second-order valence-electron chi connectivity index (χ2n) is 5.12. The first-order valence-electron chi connectivity index (χ1n) is 6.91. The van der Waals surface area contributed by atoms with Crippen LogP contribution in [0.15, 0.2) is 0 Å². The van der Waals surface area contributed by atoms with Crippen molar-refractivity contribution in [2.45, 2.75) is 44.2 Å². The predicted molar refractivity (Wildman–Crippen MR) is 66.6 cm³/mol. The Balaban J connectivity index is 1.63. The summed E-state index contributed by atoms with van der Waals surface area (Å²) in [7, 11) is 0. The molecule has 2 aliphatic heterocycles.